The van der Waals surface area contributed by atoms with E-state index in [4.69, 9.17) is 10.6 Å². The number of anilines is 1. The van der Waals surface area contributed by atoms with E-state index in [2.05, 4.69) is 10.5 Å². The molecule has 0 aliphatic heterocycles. The number of carbonyl (C=O) groups is 1. The van der Waals surface area contributed by atoms with Crippen molar-refractivity contribution >= 4 is 17.4 Å². The molecule has 0 aromatic heterocycles. The first-order valence-corrected chi connectivity index (χ1v) is 8.27. The van der Waals surface area contributed by atoms with Crippen molar-refractivity contribution in [2.75, 3.05) is 5.32 Å². The second-order valence-corrected chi connectivity index (χ2v) is 6.26. The van der Waals surface area contributed by atoms with Crippen molar-refractivity contribution in [3.05, 3.63) is 64.7 Å². The van der Waals surface area contributed by atoms with Crippen molar-refractivity contribution < 1.29 is 9.63 Å². The number of nitrogens with two attached hydrogens (primary N) is 1. The molecule has 0 radical (unpaired) electrons. The Morgan fingerprint density at radius 3 is 2.36 bits per heavy atom. The van der Waals surface area contributed by atoms with Crippen LogP contribution in [0.25, 0.3) is 0 Å². The lowest BCUT2D eigenvalue weighted by atomic mass is 10.0. The van der Waals surface area contributed by atoms with Gasteiger partial charge in [0.2, 0.25) is 6.10 Å². The molecule has 0 aliphatic rings. The van der Waals surface area contributed by atoms with Gasteiger partial charge in [0, 0.05) is 12.1 Å². The molecule has 25 heavy (non-hydrogen) atoms. The molecule has 0 spiro atoms. The van der Waals surface area contributed by atoms with E-state index in [1.54, 1.807) is 6.92 Å². The molecule has 0 aliphatic carbocycles. The minimum absolute atomic E-state index is 0.258. The van der Waals surface area contributed by atoms with Crippen LogP contribution in [-0.2, 0) is 16.1 Å². The lowest BCUT2D eigenvalue weighted by molar-refractivity contribution is -0.126. The zero-order valence-electron chi connectivity index (χ0n) is 15.2. The number of aryl methyl sites for hydroxylation is 3. The minimum atomic E-state index is -0.741. The molecule has 5 heteroatoms. The van der Waals surface area contributed by atoms with Crippen LogP contribution in [0.2, 0.25) is 0 Å². The molecule has 0 bridgehead atoms. The third-order valence-electron chi connectivity index (χ3n) is 3.85. The first-order valence-electron chi connectivity index (χ1n) is 8.27. The zero-order valence-corrected chi connectivity index (χ0v) is 15.2. The number of amidine groups is 1. The minimum Gasteiger partial charge on any atom is -0.384 e. The highest BCUT2D eigenvalue weighted by atomic mass is 16.6. The van der Waals surface area contributed by atoms with Gasteiger partial charge in [-0.2, -0.15) is 0 Å². The highest BCUT2D eigenvalue weighted by molar-refractivity contribution is 5.95. The van der Waals surface area contributed by atoms with Crippen LogP contribution >= 0.6 is 0 Å². The van der Waals surface area contributed by atoms with Crippen molar-refractivity contribution in [3.8, 4) is 0 Å². The number of nitrogens with one attached hydrogen (secondary N) is 1. The standard InChI is InChI=1S/C20H25N3O2/c1-13-10-14(2)19(15(3)11-13)22-20(24)16(4)25-23-18(21)12-17-8-6-5-7-9-17/h5-11,16H,12H2,1-4H3,(H2,21,23)(H,22,24). The Balaban J connectivity index is 1.95. The maximum atomic E-state index is 12.3. The van der Waals surface area contributed by atoms with E-state index in [0.29, 0.717) is 12.3 Å². The average Bonchev–Trinajstić information content (AvgIpc) is 2.56. The van der Waals surface area contributed by atoms with Gasteiger partial charge in [0.15, 0.2) is 0 Å². The van der Waals surface area contributed by atoms with Gasteiger partial charge in [-0.1, -0.05) is 53.2 Å². The van der Waals surface area contributed by atoms with Gasteiger partial charge in [0.25, 0.3) is 5.91 Å². The topological polar surface area (TPSA) is 76.7 Å². The van der Waals surface area contributed by atoms with Crippen LogP contribution in [0.5, 0.6) is 0 Å². The Kier molecular flexibility index (Phi) is 6.17. The van der Waals surface area contributed by atoms with Crippen molar-refractivity contribution in [1.29, 1.82) is 0 Å². The summed E-state index contributed by atoms with van der Waals surface area (Å²) in [4.78, 5) is 17.6. The van der Waals surface area contributed by atoms with Crippen molar-refractivity contribution in [3.63, 3.8) is 0 Å². The van der Waals surface area contributed by atoms with E-state index in [0.717, 1.165) is 27.9 Å². The number of hydrogen-bond donors (Lipinski definition) is 2. The molecule has 132 valence electrons. The Bertz CT molecular complexity index is 747. The SMILES string of the molecule is Cc1cc(C)c(NC(=O)C(C)O/N=C(/N)Cc2ccccc2)c(C)c1. The number of oxime groups is 1. The Morgan fingerprint density at radius 2 is 1.76 bits per heavy atom. The fourth-order valence-electron chi connectivity index (χ4n) is 2.63. The van der Waals surface area contributed by atoms with Crippen LogP contribution in [0.1, 0.15) is 29.2 Å². The number of nitrogens with zero attached hydrogens (tertiary/aromatic N) is 1. The summed E-state index contributed by atoms with van der Waals surface area (Å²) in [5.74, 6) is 0.0693. The molecule has 0 fully saturated rings. The van der Waals surface area contributed by atoms with Crippen LogP contribution in [0, 0.1) is 20.8 Å². The van der Waals surface area contributed by atoms with Crippen LogP contribution in [-0.4, -0.2) is 17.8 Å². The van der Waals surface area contributed by atoms with Crippen molar-refractivity contribution in [1.82, 2.24) is 0 Å². The molecular formula is C20H25N3O2. The molecule has 1 atom stereocenters. The van der Waals surface area contributed by atoms with Crippen LogP contribution in [0.4, 0.5) is 5.69 Å². The lowest BCUT2D eigenvalue weighted by Crippen LogP contribution is -2.28. The Labute approximate surface area is 148 Å². The van der Waals surface area contributed by atoms with Gasteiger partial charge in [-0.15, -0.1) is 0 Å². The maximum absolute atomic E-state index is 12.3. The van der Waals surface area contributed by atoms with Crippen molar-refractivity contribution in [2.24, 2.45) is 10.9 Å². The summed E-state index contributed by atoms with van der Waals surface area (Å²) < 4.78 is 0. The van der Waals surface area contributed by atoms with E-state index < -0.39 is 6.10 Å². The monoisotopic (exact) mass is 339 g/mol. The summed E-state index contributed by atoms with van der Waals surface area (Å²) in [7, 11) is 0. The zero-order chi connectivity index (χ0) is 18.4. The normalized spacial score (nSPS) is 12.6. The summed E-state index contributed by atoms with van der Waals surface area (Å²) in [6, 6.07) is 13.8. The second kappa shape index (κ2) is 8.33. The Hall–Kier alpha value is -2.82. The average molecular weight is 339 g/mol. The third kappa shape index (κ3) is 5.35. The molecule has 5 nitrogen and oxygen atoms in total. The van der Waals surface area contributed by atoms with Crippen LogP contribution < -0.4 is 11.1 Å². The smallest absolute Gasteiger partial charge is 0.268 e. The first-order chi connectivity index (χ1) is 11.9. The van der Waals surface area contributed by atoms with Crippen LogP contribution in [0.15, 0.2) is 47.6 Å². The summed E-state index contributed by atoms with van der Waals surface area (Å²) in [5.41, 5.74) is 10.9. The molecule has 3 N–H and O–H groups in total. The number of carbonyl (C=O) groups excluding carboxylic acids is 1. The van der Waals surface area contributed by atoms with Gasteiger partial charge in [-0.05, 0) is 44.4 Å². The molecule has 2 aromatic rings. The van der Waals surface area contributed by atoms with E-state index in [9.17, 15) is 4.79 Å². The first kappa shape index (κ1) is 18.5. The van der Waals surface area contributed by atoms with Gasteiger partial charge >= 0.3 is 0 Å². The molecule has 0 heterocycles. The molecule has 0 saturated carbocycles. The number of rotatable bonds is 6. The molecular weight excluding hydrogens is 314 g/mol. The number of amides is 1. The molecule has 0 saturated heterocycles. The number of benzene rings is 2. The third-order valence-corrected chi connectivity index (χ3v) is 3.85. The van der Waals surface area contributed by atoms with Gasteiger partial charge in [0.1, 0.15) is 5.84 Å². The highest BCUT2D eigenvalue weighted by Crippen LogP contribution is 2.22. The van der Waals surface area contributed by atoms with Gasteiger partial charge < -0.3 is 15.9 Å². The lowest BCUT2D eigenvalue weighted by Gasteiger charge is -2.15. The second-order valence-electron chi connectivity index (χ2n) is 6.26. The largest absolute Gasteiger partial charge is 0.384 e. The molecule has 1 amide bonds. The predicted octanol–water partition coefficient (Wildman–Crippen LogP) is 3.47. The molecule has 2 rings (SSSR count). The van der Waals surface area contributed by atoms with Gasteiger partial charge in [0.05, 0.1) is 0 Å². The fourth-order valence-corrected chi connectivity index (χ4v) is 2.63. The summed E-state index contributed by atoms with van der Waals surface area (Å²) in [6.07, 6.45) is -0.264. The van der Waals surface area contributed by atoms with Gasteiger partial charge in [-0.3, -0.25) is 4.79 Å². The Morgan fingerprint density at radius 1 is 1.16 bits per heavy atom. The summed E-state index contributed by atoms with van der Waals surface area (Å²) >= 11 is 0. The predicted molar refractivity (Wildman–Crippen MR) is 102 cm³/mol. The highest BCUT2D eigenvalue weighted by Gasteiger charge is 2.17. The van der Waals surface area contributed by atoms with E-state index >= 15 is 0 Å². The van der Waals surface area contributed by atoms with E-state index in [1.165, 1.54) is 0 Å². The van der Waals surface area contributed by atoms with Gasteiger partial charge in [-0.25, -0.2) is 0 Å². The summed E-state index contributed by atoms with van der Waals surface area (Å²) in [6.45, 7) is 7.61. The maximum Gasteiger partial charge on any atom is 0.268 e. The quantitative estimate of drug-likeness (QED) is 0.481. The molecule has 2 aromatic carbocycles. The van der Waals surface area contributed by atoms with E-state index in [-0.39, 0.29) is 5.91 Å². The number of hydrogen-bond acceptors (Lipinski definition) is 3. The fraction of sp³-hybridized carbons (Fsp3) is 0.300. The van der Waals surface area contributed by atoms with E-state index in [1.807, 2.05) is 63.2 Å². The summed E-state index contributed by atoms with van der Waals surface area (Å²) in [5, 5.41) is 6.78. The van der Waals surface area contributed by atoms with Crippen LogP contribution in [0.3, 0.4) is 0 Å². The molecule has 1 unspecified atom stereocenters. The van der Waals surface area contributed by atoms with Crippen molar-refractivity contribution in [2.45, 2.75) is 40.2 Å².